The second kappa shape index (κ2) is 4.86. The standard InChI is InChI=1S/C18H22N2/c1-13-5-7-17-15(9-13)11-19(3)18-8-6-14(2)10-16(18)12-20(17)4/h5-10H,11-12H2,1-4H3. The lowest BCUT2D eigenvalue weighted by atomic mass is 10.0. The predicted octanol–water partition coefficient (Wildman–Crippen LogP) is 3.89. The van der Waals surface area contributed by atoms with Gasteiger partial charge in [-0.3, -0.25) is 0 Å². The van der Waals surface area contributed by atoms with Gasteiger partial charge in [0.2, 0.25) is 0 Å². The molecule has 20 heavy (non-hydrogen) atoms. The maximum absolute atomic E-state index is 2.36. The molecule has 2 aromatic rings. The lowest BCUT2D eigenvalue weighted by Gasteiger charge is -2.32. The zero-order chi connectivity index (χ0) is 14.3. The van der Waals surface area contributed by atoms with Gasteiger partial charge in [-0.15, -0.1) is 0 Å². The molecule has 0 fully saturated rings. The van der Waals surface area contributed by atoms with Gasteiger partial charge in [-0.05, 0) is 37.1 Å². The SMILES string of the molecule is Cc1ccc2c(c1)CN(C)c1ccc(C)cc1CN2C. The smallest absolute Gasteiger partial charge is 0.0446 e. The van der Waals surface area contributed by atoms with E-state index in [9.17, 15) is 0 Å². The van der Waals surface area contributed by atoms with Crippen molar-refractivity contribution in [2.24, 2.45) is 0 Å². The maximum Gasteiger partial charge on any atom is 0.0446 e. The van der Waals surface area contributed by atoms with Crippen LogP contribution in [0.3, 0.4) is 0 Å². The zero-order valence-electron chi connectivity index (χ0n) is 12.8. The molecule has 0 atom stereocenters. The summed E-state index contributed by atoms with van der Waals surface area (Å²) in [5, 5.41) is 0. The second-order valence-electron chi connectivity index (χ2n) is 5.98. The molecule has 1 heterocycles. The molecule has 3 rings (SSSR count). The van der Waals surface area contributed by atoms with E-state index in [0.717, 1.165) is 13.1 Å². The van der Waals surface area contributed by atoms with Gasteiger partial charge in [0.25, 0.3) is 0 Å². The van der Waals surface area contributed by atoms with Gasteiger partial charge in [0.15, 0.2) is 0 Å². The first-order valence-electron chi connectivity index (χ1n) is 7.16. The van der Waals surface area contributed by atoms with Gasteiger partial charge in [0.1, 0.15) is 0 Å². The average molecular weight is 266 g/mol. The highest BCUT2D eigenvalue weighted by atomic mass is 15.2. The van der Waals surface area contributed by atoms with Crippen molar-refractivity contribution in [2.45, 2.75) is 26.9 Å². The van der Waals surface area contributed by atoms with Crippen molar-refractivity contribution >= 4 is 11.4 Å². The van der Waals surface area contributed by atoms with Crippen molar-refractivity contribution in [3.63, 3.8) is 0 Å². The molecule has 0 N–H and O–H groups in total. The topological polar surface area (TPSA) is 6.48 Å². The van der Waals surface area contributed by atoms with Crippen LogP contribution in [0.5, 0.6) is 0 Å². The number of rotatable bonds is 0. The fraction of sp³-hybridized carbons (Fsp3) is 0.333. The van der Waals surface area contributed by atoms with Crippen LogP contribution in [0.1, 0.15) is 22.3 Å². The summed E-state index contributed by atoms with van der Waals surface area (Å²) in [7, 11) is 4.37. The summed E-state index contributed by atoms with van der Waals surface area (Å²) in [6.45, 7) is 6.24. The summed E-state index contributed by atoms with van der Waals surface area (Å²) < 4.78 is 0. The number of anilines is 2. The second-order valence-corrected chi connectivity index (χ2v) is 5.98. The molecule has 2 aromatic carbocycles. The van der Waals surface area contributed by atoms with Crippen LogP contribution in [0.15, 0.2) is 36.4 Å². The molecule has 1 aliphatic heterocycles. The van der Waals surface area contributed by atoms with Crippen molar-refractivity contribution in [1.82, 2.24) is 0 Å². The first-order valence-corrected chi connectivity index (χ1v) is 7.16. The third-order valence-electron chi connectivity index (χ3n) is 4.11. The van der Waals surface area contributed by atoms with E-state index in [1.807, 2.05) is 0 Å². The highest BCUT2D eigenvalue weighted by Crippen LogP contribution is 2.31. The van der Waals surface area contributed by atoms with Crippen molar-refractivity contribution in [3.05, 3.63) is 58.7 Å². The molecule has 0 radical (unpaired) electrons. The minimum atomic E-state index is 0.956. The molecule has 2 nitrogen and oxygen atoms in total. The normalized spacial score (nSPS) is 14.4. The summed E-state index contributed by atoms with van der Waals surface area (Å²) >= 11 is 0. The largest absolute Gasteiger partial charge is 0.370 e. The van der Waals surface area contributed by atoms with Crippen molar-refractivity contribution in [3.8, 4) is 0 Å². The summed E-state index contributed by atoms with van der Waals surface area (Å²) in [4.78, 5) is 4.72. The molecule has 0 spiro atoms. The van der Waals surface area contributed by atoms with Crippen molar-refractivity contribution in [2.75, 3.05) is 23.9 Å². The third kappa shape index (κ3) is 2.26. The molecule has 2 heteroatoms. The van der Waals surface area contributed by atoms with E-state index in [0.29, 0.717) is 0 Å². The Morgan fingerprint density at radius 1 is 0.700 bits per heavy atom. The lowest BCUT2D eigenvalue weighted by Crippen LogP contribution is -2.27. The predicted molar refractivity (Wildman–Crippen MR) is 86.6 cm³/mol. The van der Waals surface area contributed by atoms with E-state index in [-0.39, 0.29) is 0 Å². The molecule has 1 aliphatic rings. The molecular weight excluding hydrogens is 244 g/mol. The Hall–Kier alpha value is -1.96. The van der Waals surface area contributed by atoms with Crippen LogP contribution in [-0.2, 0) is 13.1 Å². The number of benzene rings is 2. The minimum Gasteiger partial charge on any atom is -0.370 e. The first kappa shape index (κ1) is 13.0. The van der Waals surface area contributed by atoms with E-state index in [1.165, 1.54) is 33.6 Å². The van der Waals surface area contributed by atoms with Gasteiger partial charge in [-0.25, -0.2) is 0 Å². The quantitative estimate of drug-likeness (QED) is 0.714. The van der Waals surface area contributed by atoms with Gasteiger partial charge >= 0.3 is 0 Å². The van der Waals surface area contributed by atoms with Gasteiger partial charge in [0, 0.05) is 38.6 Å². The van der Waals surface area contributed by atoms with Crippen LogP contribution >= 0.6 is 0 Å². The van der Waals surface area contributed by atoms with E-state index >= 15 is 0 Å². The maximum atomic E-state index is 2.36. The number of hydrogen-bond donors (Lipinski definition) is 0. The van der Waals surface area contributed by atoms with Gasteiger partial charge in [0.05, 0.1) is 0 Å². The molecule has 0 amide bonds. The van der Waals surface area contributed by atoms with Gasteiger partial charge in [-0.2, -0.15) is 0 Å². The summed E-state index contributed by atoms with van der Waals surface area (Å²) in [6, 6.07) is 13.5. The fourth-order valence-corrected chi connectivity index (χ4v) is 3.11. The van der Waals surface area contributed by atoms with E-state index < -0.39 is 0 Å². The van der Waals surface area contributed by atoms with Crippen LogP contribution in [0.2, 0.25) is 0 Å². The Morgan fingerprint density at radius 2 is 1.10 bits per heavy atom. The molecule has 104 valence electrons. The molecule has 0 bridgehead atoms. The van der Waals surface area contributed by atoms with Crippen LogP contribution in [-0.4, -0.2) is 14.1 Å². The molecule has 0 aromatic heterocycles. The lowest BCUT2D eigenvalue weighted by molar-refractivity contribution is 0.835. The van der Waals surface area contributed by atoms with E-state index in [4.69, 9.17) is 0 Å². The zero-order valence-corrected chi connectivity index (χ0v) is 12.8. The van der Waals surface area contributed by atoms with E-state index in [2.05, 4.69) is 74.1 Å². The van der Waals surface area contributed by atoms with Crippen LogP contribution in [0.25, 0.3) is 0 Å². The Bertz CT molecular complexity index is 588. The summed E-state index contributed by atoms with van der Waals surface area (Å²) in [5.74, 6) is 0. The molecule has 0 saturated carbocycles. The first-order chi connectivity index (χ1) is 9.54. The Balaban J connectivity index is 2.10. The number of nitrogens with zero attached hydrogens (tertiary/aromatic N) is 2. The van der Waals surface area contributed by atoms with Gasteiger partial charge in [-0.1, -0.05) is 35.4 Å². The van der Waals surface area contributed by atoms with Crippen LogP contribution < -0.4 is 9.80 Å². The minimum absolute atomic E-state index is 0.956. The molecular formula is C18H22N2. The fourth-order valence-electron chi connectivity index (χ4n) is 3.11. The number of fused-ring (bicyclic) bond motifs is 2. The molecule has 0 unspecified atom stereocenters. The van der Waals surface area contributed by atoms with E-state index in [1.54, 1.807) is 0 Å². The van der Waals surface area contributed by atoms with Crippen LogP contribution in [0.4, 0.5) is 11.4 Å². The summed E-state index contributed by atoms with van der Waals surface area (Å²) in [6.07, 6.45) is 0. The molecule has 0 aliphatic carbocycles. The average Bonchev–Trinajstić information content (AvgIpc) is 2.37. The highest BCUT2D eigenvalue weighted by Gasteiger charge is 2.17. The highest BCUT2D eigenvalue weighted by molar-refractivity contribution is 5.63. The summed E-state index contributed by atoms with van der Waals surface area (Å²) in [5.41, 5.74) is 8.15. The molecule has 0 saturated heterocycles. The monoisotopic (exact) mass is 266 g/mol. The van der Waals surface area contributed by atoms with Gasteiger partial charge < -0.3 is 9.80 Å². The van der Waals surface area contributed by atoms with Crippen molar-refractivity contribution in [1.29, 1.82) is 0 Å². The van der Waals surface area contributed by atoms with Crippen LogP contribution in [0, 0.1) is 13.8 Å². The Morgan fingerprint density at radius 3 is 1.50 bits per heavy atom. The Labute approximate surface area is 121 Å². The number of hydrogen-bond acceptors (Lipinski definition) is 2. The third-order valence-corrected chi connectivity index (χ3v) is 4.11. The number of aryl methyl sites for hydroxylation is 2. The Kier molecular flexibility index (Phi) is 3.17. The van der Waals surface area contributed by atoms with Crippen molar-refractivity contribution < 1.29 is 0 Å².